The van der Waals surface area contributed by atoms with Crippen molar-refractivity contribution in [1.82, 2.24) is 19.8 Å². The van der Waals surface area contributed by atoms with Gasteiger partial charge in [-0.05, 0) is 19.4 Å². The Morgan fingerprint density at radius 2 is 2.05 bits per heavy atom. The molecular weight excluding hydrogens is 264 g/mol. The summed E-state index contributed by atoms with van der Waals surface area (Å²) >= 11 is 0. The molecular formula is C16H28N4O. The normalized spacial score (nSPS) is 24.3. The average Bonchev–Trinajstić information content (AvgIpc) is 3.16. The molecule has 1 unspecified atom stereocenters. The van der Waals surface area contributed by atoms with E-state index in [0.29, 0.717) is 6.04 Å². The van der Waals surface area contributed by atoms with Gasteiger partial charge in [-0.15, -0.1) is 0 Å². The van der Waals surface area contributed by atoms with Crippen molar-refractivity contribution in [2.75, 3.05) is 32.8 Å². The van der Waals surface area contributed by atoms with E-state index in [9.17, 15) is 0 Å². The number of imidazole rings is 1. The van der Waals surface area contributed by atoms with E-state index in [-0.39, 0.29) is 5.54 Å². The lowest BCUT2D eigenvalue weighted by Crippen LogP contribution is -2.58. The number of nitrogens with one attached hydrogen (secondary N) is 1. The van der Waals surface area contributed by atoms with Crippen LogP contribution in [0.2, 0.25) is 0 Å². The first kappa shape index (κ1) is 15.0. The number of morpholine rings is 1. The fraction of sp³-hybridized carbons (Fsp3) is 0.812. The van der Waals surface area contributed by atoms with Crippen LogP contribution in [0.4, 0.5) is 0 Å². The lowest BCUT2D eigenvalue weighted by molar-refractivity contribution is -0.0377. The van der Waals surface area contributed by atoms with Gasteiger partial charge < -0.3 is 14.6 Å². The minimum atomic E-state index is 0.207. The van der Waals surface area contributed by atoms with Crippen molar-refractivity contribution >= 4 is 0 Å². The molecule has 1 atom stereocenters. The second kappa shape index (κ2) is 6.46. The summed E-state index contributed by atoms with van der Waals surface area (Å²) in [4.78, 5) is 7.33. The molecule has 21 heavy (non-hydrogen) atoms. The second-order valence-electron chi connectivity index (χ2n) is 6.30. The molecule has 1 aliphatic heterocycles. The number of likely N-dealkylation sites (N-methyl/N-ethyl adjacent to an activating group) is 1. The molecule has 1 saturated heterocycles. The zero-order valence-electron chi connectivity index (χ0n) is 13.3. The van der Waals surface area contributed by atoms with E-state index < -0.39 is 0 Å². The molecule has 2 aliphatic rings. The first-order valence-electron chi connectivity index (χ1n) is 8.31. The third-order valence-electron chi connectivity index (χ3n) is 5.17. The van der Waals surface area contributed by atoms with Gasteiger partial charge in [-0.25, -0.2) is 4.98 Å². The van der Waals surface area contributed by atoms with Crippen LogP contribution in [-0.2, 0) is 11.8 Å². The van der Waals surface area contributed by atoms with E-state index in [0.717, 1.165) is 32.8 Å². The predicted molar refractivity (Wildman–Crippen MR) is 83.2 cm³/mol. The molecule has 2 fully saturated rings. The summed E-state index contributed by atoms with van der Waals surface area (Å²) in [6.07, 6.45) is 9.14. The smallest absolute Gasteiger partial charge is 0.127 e. The van der Waals surface area contributed by atoms with Gasteiger partial charge in [-0.2, -0.15) is 0 Å². The minimum absolute atomic E-state index is 0.207. The van der Waals surface area contributed by atoms with Crippen LogP contribution in [0.15, 0.2) is 12.4 Å². The highest BCUT2D eigenvalue weighted by Crippen LogP contribution is 2.44. The third-order valence-corrected chi connectivity index (χ3v) is 5.17. The lowest BCUT2D eigenvalue weighted by Gasteiger charge is -2.48. The first-order chi connectivity index (χ1) is 10.3. The molecule has 0 amide bonds. The van der Waals surface area contributed by atoms with Crippen LogP contribution in [0.3, 0.4) is 0 Å². The number of ether oxygens (including phenoxy) is 1. The van der Waals surface area contributed by atoms with Gasteiger partial charge in [0.1, 0.15) is 5.82 Å². The molecule has 2 heterocycles. The largest absolute Gasteiger partial charge is 0.379 e. The Labute approximate surface area is 127 Å². The molecule has 5 heteroatoms. The van der Waals surface area contributed by atoms with Crippen LogP contribution in [0, 0.1) is 0 Å². The van der Waals surface area contributed by atoms with Crippen molar-refractivity contribution in [3.8, 4) is 0 Å². The van der Waals surface area contributed by atoms with E-state index in [2.05, 4.69) is 39.9 Å². The summed E-state index contributed by atoms with van der Waals surface area (Å²) < 4.78 is 7.75. The van der Waals surface area contributed by atoms with E-state index in [1.807, 2.05) is 6.20 Å². The number of aromatic nitrogens is 2. The highest BCUT2D eigenvalue weighted by Gasteiger charge is 2.47. The summed E-state index contributed by atoms with van der Waals surface area (Å²) in [7, 11) is 2.11. The van der Waals surface area contributed by atoms with Crippen LogP contribution < -0.4 is 5.32 Å². The molecule has 5 nitrogen and oxygen atoms in total. The number of hydrogen-bond donors (Lipinski definition) is 1. The molecule has 3 rings (SSSR count). The minimum Gasteiger partial charge on any atom is -0.379 e. The van der Waals surface area contributed by atoms with Crippen LogP contribution >= 0.6 is 0 Å². The van der Waals surface area contributed by atoms with Crippen LogP contribution in [0.25, 0.3) is 0 Å². The molecule has 0 radical (unpaired) electrons. The summed E-state index contributed by atoms with van der Waals surface area (Å²) in [5, 5.41) is 3.74. The van der Waals surface area contributed by atoms with Crippen molar-refractivity contribution in [3.05, 3.63) is 18.2 Å². The van der Waals surface area contributed by atoms with Gasteiger partial charge in [0.15, 0.2) is 0 Å². The Kier molecular flexibility index (Phi) is 4.62. The van der Waals surface area contributed by atoms with E-state index in [1.54, 1.807) is 0 Å². The topological polar surface area (TPSA) is 42.3 Å². The second-order valence-corrected chi connectivity index (χ2v) is 6.30. The Hall–Kier alpha value is -0.910. The van der Waals surface area contributed by atoms with Gasteiger partial charge >= 0.3 is 0 Å². The van der Waals surface area contributed by atoms with Crippen molar-refractivity contribution in [3.63, 3.8) is 0 Å². The van der Waals surface area contributed by atoms with E-state index in [1.165, 1.54) is 31.5 Å². The van der Waals surface area contributed by atoms with Crippen molar-refractivity contribution in [1.29, 1.82) is 0 Å². The molecule has 0 bridgehead atoms. The fourth-order valence-electron chi connectivity index (χ4n) is 4.16. The number of aryl methyl sites for hydroxylation is 1. The number of nitrogens with zero attached hydrogens (tertiary/aromatic N) is 3. The Morgan fingerprint density at radius 3 is 2.62 bits per heavy atom. The van der Waals surface area contributed by atoms with Crippen LogP contribution in [-0.4, -0.2) is 52.8 Å². The van der Waals surface area contributed by atoms with E-state index in [4.69, 9.17) is 4.74 Å². The highest BCUT2D eigenvalue weighted by atomic mass is 16.5. The molecule has 1 N–H and O–H groups in total. The molecule has 1 aromatic heterocycles. The van der Waals surface area contributed by atoms with Gasteiger partial charge in [0, 0.05) is 38.1 Å². The Morgan fingerprint density at radius 1 is 1.33 bits per heavy atom. The third kappa shape index (κ3) is 2.74. The predicted octanol–water partition coefficient (Wildman–Crippen LogP) is 1.72. The van der Waals surface area contributed by atoms with E-state index >= 15 is 0 Å². The van der Waals surface area contributed by atoms with Gasteiger partial charge in [-0.3, -0.25) is 4.90 Å². The summed E-state index contributed by atoms with van der Waals surface area (Å²) in [6.45, 7) is 6.99. The van der Waals surface area contributed by atoms with Gasteiger partial charge in [-0.1, -0.05) is 19.8 Å². The molecule has 0 spiro atoms. The fourth-order valence-corrected chi connectivity index (χ4v) is 4.16. The monoisotopic (exact) mass is 292 g/mol. The van der Waals surface area contributed by atoms with Gasteiger partial charge in [0.2, 0.25) is 0 Å². The van der Waals surface area contributed by atoms with Crippen LogP contribution in [0.5, 0.6) is 0 Å². The molecule has 118 valence electrons. The SMILES string of the molecule is CCNC(c1nccn1C)C1(N2CCOCC2)CCCC1. The highest BCUT2D eigenvalue weighted by molar-refractivity contribution is 5.13. The quantitative estimate of drug-likeness (QED) is 0.897. The lowest BCUT2D eigenvalue weighted by atomic mass is 9.84. The standard InChI is InChI=1S/C16H28N4O/c1-3-17-14(15-18-8-9-19(15)2)16(6-4-5-7-16)20-10-12-21-13-11-20/h8-9,14,17H,3-7,10-13H2,1-2H3. The first-order valence-corrected chi connectivity index (χ1v) is 8.31. The molecule has 1 aromatic rings. The van der Waals surface area contributed by atoms with Crippen molar-refractivity contribution < 1.29 is 4.74 Å². The maximum absolute atomic E-state index is 5.58. The number of hydrogen-bond acceptors (Lipinski definition) is 4. The molecule has 1 aliphatic carbocycles. The Balaban J connectivity index is 1.94. The zero-order valence-corrected chi connectivity index (χ0v) is 13.3. The van der Waals surface area contributed by atoms with Crippen LogP contribution in [0.1, 0.15) is 44.5 Å². The zero-order chi connectivity index (χ0) is 14.7. The van der Waals surface area contributed by atoms with Crippen molar-refractivity contribution in [2.24, 2.45) is 7.05 Å². The average molecular weight is 292 g/mol. The van der Waals surface area contributed by atoms with Gasteiger partial charge in [0.25, 0.3) is 0 Å². The number of rotatable bonds is 5. The summed E-state index contributed by atoms with van der Waals surface area (Å²) in [5.41, 5.74) is 0.207. The maximum atomic E-state index is 5.58. The molecule has 1 saturated carbocycles. The summed E-state index contributed by atoms with van der Waals surface area (Å²) in [6, 6.07) is 0.308. The summed E-state index contributed by atoms with van der Waals surface area (Å²) in [5.74, 6) is 1.17. The van der Waals surface area contributed by atoms with Crippen molar-refractivity contribution in [2.45, 2.75) is 44.2 Å². The van der Waals surface area contributed by atoms with Gasteiger partial charge in [0.05, 0.1) is 19.3 Å². The maximum Gasteiger partial charge on any atom is 0.127 e. The molecule has 0 aromatic carbocycles. The Bertz CT molecular complexity index is 447.